The van der Waals surface area contributed by atoms with Crippen LogP contribution in [0.4, 0.5) is 0 Å². The molecule has 10 rings (SSSR count). The number of hydrogen-bond acceptors (Lipinski definition) is 2. The molecule has 0 fully saturated rings. The Morgan fingerprint density at radius 3 is 1.49 bits per heavy atom. The minimum absolute atomic E-state index is 0.632. The lowest BCUT2D eigenvalue weighted by Gasteiger charge is -2.33. The molecule has 2 aliphatic carbocycles. The second kappa shape index (κ2) is 11.5. The van der Waals surface area contributed by atoms with Gasteiger partial charge < -0.3 is 0 Å². The topological polar surface area (TPSA) is 25.8 Å². The third kappa shape index (κ3) is 4.24. The Morgan fingerprint density at radius 1 is 0.392 bits per heavy atom. The van der Waals surface area contributed by atoms with Gasteiger partial charge in [0.2, 0.25) is 0 Å². The highest BCUT2D eigenvalue weighted by molar-refractivity contribution is 7.93. The lowest BCUT2D eigenvalue weighted by molar-refractivity contribution is 0.789. The maximum absolute atomic E-state index is 5.48. The van der Waals surface area contributed by atoms with Crippen LogP contribution in [0.1, 0.15) is 22.3 Å². The molecule has 240 valence electrons. The number of rotatable bonds is 5. The van der Waals surface area contributed by atoms with Crippen molar-refractivity contribution in [1.29, 1.82) is 0 Å². The van der Waals surface area contributed by atoms with Crippen molar-refractivity contribution in [2.45, 2.75) is 5.41 Å². The summed E-state index contributed by atoms with van der Waals surface area (Å²) < 4.78 is 0. The second-order valence-corrected chi connectivity index (χ2v) is 16.6. The van der Waals surface area contributed by atoms with Gasteiger partial charge in [-0.15, -0.1) is 0 Å². The highest BCUT2D eigenvalue weighted by atomic mass is 31.2. The molecule has 0 radical (unpaired) electrons. The molecule has 51 heavy (non-hydrogen) atoms. The minimum Gasteiger partial charge on any atom is -0.228 e. The summed E-state index contributed by atoms with van der Waals surface area (Å²) in [7, 11) is 0. The minimum atomic E-state index is -2.28. The van der Waals surface area contributed by atoms with Crippen LogP contribution in [0.5, 0.6) is 0 Å². The van der Waals surface area contributed by atoms with Crippen LogP contribution in [0.2, 0.25) is 0 Å². The van der Waals surface area contributed by atoms with Gasteiger partial charge in [0.15, 0.2) is 5.82 Å². The van der Waals surface area contributed by atoms with Gasteiger partial charge in [-0.3, -0.25) is 0 Å². The molecular weight excluding hydrogens is 636 g/mol. The summed E-state index contributed by atoms with van der Waals surface area (Å²) in [4.78, 5) is 10.9. The fourth-order valence-electron chi connectivity index (χ4n) is 8.56. The maximum atomic E-state index is 5.48. The average Bonchev–Trinajstić information content (AvgIpc) is 3.68. The molecule has 0 aliphatic heterocycles. The largest absolute Gasteiger partial charge is 0.228 e. The first-order valence-electron chi connectivity index (χ1n) is 17.4. The monoisotopic (exact) mass is 668 g/mol. The van der Waals surface area contributed by atoms with E-state index in [1.165, 1.54) is 43.7 Å². The van der Waals surface area contributed by atoms with Crippen LogP contribution >= 0.6 is 6.89 Å². The Kier molecular flexibility index (Phi) is 6.71. The number of hydrogen-bond donors (Lipinski definition) is 0. The summed E-state index contributed by atoms with van der Waals surface area (Å²) in [5.74, 6) is 0.733. The Bertz CT molecular complexity index is 2610. The maximum Gasteiger partial charge on any atom is 0.160 e. The SMILES string of the molecule is C=P(c1ccccc1)(c1ccccc1)c1ccc2c(c1)C1(c3ccccc3-2)c2ccccc2-c2nc(-c3ccccc3)nc(-c3ccccc3)c21. The number of nitrogens with zero attached hydrogens (tertiary/aromatic N) is 2. The van der Waals surface area contributed by atoms with Gasteiger partial charge in [0.1, 0.15) is 0 Å². The number of benzene rings is 7. The molecule has 2 aliphatic rings. The Hall–Kier alpha value is -6.08. The Balaban J connectivity index is 1.35. The molecule has 1 heterocycles. The zero-order chi connectivity index (χ0) is 34.0. The summed E-state index contributed by atoms with van der Waals surface area (Å²) >= 11 is 0. The molecule has 0 saturated heterocycles. The lowest BCUT2D eigenvalue weighted by Crippen LogP contribution is -2.30. The average molecular weight is 669 g/mol. The van der Waals surface area contributed by atoms with Crippen molar-refractivity contribution in [3.63, 3.8) is 0 Å². The van der Waals surface area contributed by atoms with Crippen molar-refractivity contribution >= 4 is 29.1 Å². The molecule has 1 unspecified atom stereocenters. The lowest BCUT2D eigenvalue weighted by atomic mass is 9.69. The van der Waals surface area contributed by atoms with E-state index in [9.17, 15) is 0 Å². The summed E-state index contributed by atoms with van der Waals surface area (Å²) in [6.07, 6.45) is 5.16. The van der Waals surface area contributed by atoms with Gasteiger partial charge in [0.05, 0.1) is 16.8 Å². The van der Waals surface area contributed by atoms with E-state index in [0.29, 0.717) is 0 Å². The molecule has 1 aromatic heterocycles. The molecule has 2 nitrogen and oxygen atoms in total. The Labute approximate surface area is 298 Å². The first-order chi connectivity index (χ1) is 25.2. The van der Waals surface area contributed by atoms with E-state index in [-0.39, 0.29) is 0 Å². The van der Waals surface area contributed by atoms with E-state index < -0.39 is 12.3 Å². The fraction of sp³-hybridized carbons (Fsp3) is 0.0208. The van der Waals surface area contributed by atoms with E-state index in [4.69, 9.17) is 16.3 Å². The van der Waals surface area contributed by atoms with Crippen molar-refractivity contribution in [3.05, 3.63) is 210 Å². The predicted molar refractivity (Wildman–Crippen MR) is 215 cm³/mol. The van der Waals surface area contributed by atoms with Crippen molar-refractivity contribution in [2.75, 3.05) is 0 Å². The second-order valence-electron chi connectivity index (χ2n) is 13.4. The fourth-order valence-corrected chi connectivity index (χ4v) is 11.5. The summed E-state index contributed by atoms with van der Waals surface area (Å²) in [5.41, 5.74) is 12.0. The van der Waals surface area contributed by atoms with E-state index in [1.807, 2.05) is 6.07 Å². The first kappa shape index (κ1) is 29.8. The van der Waals surface area contributed by atoms with Crippen LogP contribution in [-0.4, -0.2) is 16.3 Å². The van der Waals surface area contributed by atoms with Crippen LogP contribution < -0.4 is 15.9 Å². The van der Waals surface area contributed by atoms with E-state index in [2.05, 4.69) is 182 Å². The zero-order valence-corrected chi connectivity index (χ0v) is 28.8. The molecule has 0 amide bonds. The third-order valence-electron chi connectivity index (χ3n) is 10.8. The highest BCUT2D eigenvalue weighted by Gasteiger charge is 2.54. The summed E-state index contributed by atoms with van der Waals surface area (Å²) in [6, 6.07) is 67.8. The predicted octanol–water partition coefficient (Wildman–Crippen LogP) is 9.88. The van der Waals surface area contributed by atoms with Gasteiger partial charge in [-0.2, -0.15) is 0 Å². The molecule has 1 atom stereocenters. The normalized spacial score (nSPS) is 15.2. The third-order valence-corrected chi connectivity index (χ3v) is 14.3. The first-order valence-corrected chi connectivity index (χ1v) is 19.4. The quantitative estimate of drug-likeness (QED) is 0.171. The van der Waals surface area contributed by atoms with Gasteiger partial charge in [-0.05, 0) is 56.7 Å². The van der Waals surface area contributed by atoms with Gasteiger partial charge in [0, 0.05) is 22.3 Å². The van der Waals surface area contributed by atoms with E-state index >= 15 is 0 Å². The van der Waals surface area contributed by atoms with Gasteiger partial charge in [-0.1, -0.05) is 188 Å². The molecule has 1 spiro atoms. The van der Waals surface area contributed by atoms with Crippen LogP contribution in [-0.2, 0) is 5.41 Å². The van der Waals surface area contributed by atoms with E-state index in [0.717, 1.165) is 39.5 Å². The van der Waals surface area contributed by atoms with Crippen LogP contribution in [0.3, 0.4) is 0 Å². The number of fused-ring (bicyclic) bond motifs is 10. The zero-order valence-electron chi connectivity index (χ0n) is 27.9. The standard InChI is InChI=1S/C48H33N2P/c1-51(35-22-10-4-11-23-35,36-24-12-5-13-25-36)37-30-31-39-38-26-14-16-28-41(38)48(43(39)32-37)42-29-17-15-27-40(42)46-44(48)45(33-18-6-2-7-19-33)49-47(50-46)34-20-8-3-9-21-34/h2-32H,1H2. The van der Waals surface area contributed by atoms with Crippen molar-refractivity contribution in [3.8, 4) is 45.0 Å². The summed E-state index contributed by atoms with van der Waals surface area (Å²) in [5, 5.41) is 3.77. The van der Waals surface area contributed by atoms with Crippen molar-refractivity contribution in [1.82, 2.24) is 9.97 Å². The van der Waals surface area contributed by atoms with Crippen molar-refractivity contribution in [2.24, 2.45) is 0 Å². The van der Waals surface area contributed by atoms with E-state index in [1.54, 1.807) is 0 Å². The van der Waals surface area contributed by atoms with Gasteiger partial charge in [-0.25, -0.2) is 9.97 Å². The molecule has 0 saturated carbocycles. The molecule has 3 heteroatoms. The van der Waals surface area contributed by atoms with Crippen LogP contribution in [0, 0.1) is 0 Å². The van der Waals surface area contributed by atoms with Crippen LogP contribution in [0.15, 0.2) is 188 Å². The van der Waals surface area contributed by atoms with Crippen molar-refractivity contribution < 1.29 is 0 Å². The molecule has 7 aromatic carbocycles. The van der Waals surface area contributed by atoms with Gasteiger partial charge >= 0.3 is 0 Å². The Morgan fingerprint density at radius 2 is 0.863 bits per heavy atom. The highest BCUT2D eigenvalue weighted by Crippen LogP contribution is 2.64. The molecule has 8 aromatic rings. The summed E-state index contributed by atoms with van der Waals surface area (Å²) in [6.45, 7) is -2.28. The van der Waals surface area contributed by atoms with Crippen LogP contribution in [0.25, 0.3) is 45.0 Å². The molecular formula is C48H33N2P. The molecule has 0 bridgehead atoms. The number of aromatic nitrogens is 2. The van der Waals surface area contributed by atoms with Gasteiger partial charge in [0.25, 0.3) is 0 Å². The smallest absolute Gasteiger partial charge is 0.160 e. The molecule has 0 N–H and O–H groups in total.